The van der Waals surface area contributed by atoms with Crippen LogP contribution in [0.2, 0.25) is 0 Å². The van der Waals surface area contributed by atoms with Crippen LogP contribution in [0.1, 0.15) is 22.8 Å². The van der Waals surface area contributed by atoms with Gasteiger partial charge in [-0.25, -0.2) is 4.98 Å². The van der Waals surface area contributed by atoms with E-state index < -0.39 is 0 Å². The average molecular weight is 343 g/mol. The molecule has 1 N–H and O–H groups in total. The van der Waals surface area contributed by atoms with Gasteiger partial charge >= 0.3 is 0 Å². The Labute approximate surface area is 150 Å². The van der Waals surface area contributed by atoms with E-state index in [1.807, 2.05) is 60.7 Å². The number of amides is 1. The van der Waals surface area contributed by atoms with Gasteiger partial charge in [0.15, 0.2) is 11.2 Å². The van der Waals surface area contributed by atoms with Crippen LogP contribution in [-0.4, -0.2) is 15.9 Å². The largest absolute Gasteiger partial charge is 0.434 e. The van der Waals surface area contributed by atoms with Crippen molar-refractivity contribution in [3.63, 3.8) is 0 Å². The first kappa shape index (κ1) is 16.0. The highest BCUT2D eigenvalue weighted by molar-refractivity contribution is 6.04. The van der Waals surface area contributed by atoms with Gasteiger partial charge in [0.2, 0.25) is 5.89 Å². The molecule has 0 aliphatic carbocycles. The smallest absolute Gasteiger partial charge is 0.255 e. The molecule has 0 aliphatic rings. The van der Waals surface area contributed by atoms with Crippen molar-refractivity contribution in [1.29, 1.82) is 0 Å². The molecule has 26 heavy (non-hydrogen) atoms. The number of benzene rings is 2. The van der Waals surface area contributed by atoms with Crippen LogP contribution in [0.15, 0.2) is 71.3 Å². The molecule has 1 amide bonds. The second-order valence-corrected chi connectivity index (χ2v) is 5.93. The summed E-state index contributed by atoms with van der Waals surface area (Å²) in [6.07, 6.45) is 2.63. The van der Waals surface area contributed by atoms with Crippen molar-refractivity contribution in [2.45, 2.75) is 13.3 Å². The lowest BCUT2D eigenvalue weighted by Crippen LogP contribution is -2.11. The molecule has 4 aromatic rings. The molecule has 5 heteroatoms. The lowest BCUT2D eigenvalue weighted by Gasteiger charge is -2.06. The van der Waals surface area contributed by atoms with Crippen LogP contribution in [0.25, 0.3) is 22.7 Å². The number of pyridine rings is 1. The maximum Gasteiger partial charge on any atom is 0.255 e. The van der Waals surface area contributed by atoms with E-state index in [4.69, 9.17) is 4.42 Å². The highest BCUT2D eigenvalue weighted by atomic mass is 16.3. The molecule has 0 aliphatic heterocycles. The fourth-order valence-corrected chi connectivity index (χ4v) is 2.68. The van der Waals surface area contributed by atoms with Gasteiger partial charge in [0.25, 0.3) is 5.91 Å². The van der Waals surface area contributed by atoms with E-state index in [0.29, 0.717) is 28.4 Å². The van der Waals surface area contributed by atoms with Crippen LogP contribution < -0.4 is 5.32 Å². The number of aryl methyl sites for hydroxylation is 1. The summed E-state index contributed by atoms with van der Waals surface area (Å²) in [5.41, 5.74) is 4.61. The lowest BCUT2D eigenvalue weighted by molar-refractivity contribution is 0.102. The number of oxazole rings is 1. The summed E-state index contributed by atoms with van der Waals surface area (Å²) in [5, 5.41) is 2.90. The van der Waals surface area contributed by atoms with Crippen molar-refractivity contribution in [3.05, 3.63) is 78.0 Å². The van der Waals surface area contributed by atoms with Gasteiger partial charge < -0.3 is 9.73 Å². The molecule has 0 fully saturated rings. The first-order valence-corrected chi connectivity index (χ1v) is 8.45. The fourth-order valence-electron chi connectivity index (χ4n) is 2.68. The van der Waals surface area contributed by atoms with Gasteiger partial charge in [-0.1, -0.05) is 19.1 Å². The first-order chi connectivity index (χ1) is 12.7. The van der Waals surface area contributed by atoms with Gasteiger partial charge in [-0.05, 0) is 60.5 Å². The molecule has 2 aromatic heterocycles. The van der Waals surface area contributed by atoms with Crippen LogP contribution in [0.5, 0.6) is 0 Å². The van der Waals surface area contributed by atoms with E-state index in [1.165, 1.54) is 5.56 Å². The van der Waals surface area contributed by atoms with Crippen LogP contribution >= 0.6 is 0 Å². The van der Waals surface area contributed by atoms with E-state index in [-0.39, 0.29) is 5.91 Å². The molecule has 0 bridgehead atoms. The van der Waals surface area contributed by atoms with Crippen molar-refractivity contribution in [3.8, 4) is 11.5 Å². The Bertz CT molecular complexity index is 1020. The number of rotatable bonds is 4. The molecule has 0 spiro atoms. The van der Waals surface area contributed by atoms with E-state index in [1.54, 1.807) is 6.20 Å². The third-order valence-electron chi connectivity index (χ3n) is 4.18. The number of aromatic nitrogens is 2. The molecule has 4 rings (SSSR count). The lowest BCUT2D eigenvalue weighted by atomic mass is 10.1. The third-order valence-corrected chi connectivity index (χ3v) is 4.18. The zero-order chi connectivity index (χ0) is 17.9. The van der Waals surface area contributed by atoms with E-state index >= 15 is 0 Å². The minimum absolute atomic E-state index is 0.133. The number of anilines is 1. The van der Waals surface area contributed by atoms with Crippen molar-refractivity contribution in [2.24, 2.45) is 0 Å². The van der Waals surface area contributed by atoms with Crippen LogP contribution in [-0.2, 0) is 6.42 Å². The van der Waals surface area contributed by atoms with Crippen LogP contribution in [0, 0.1) is 0 Å². The number of hydrogen-bond acceptors (Lipinski definition) is 4. The van der Waals surface area contributed by atoms with Crippen LogP contribution in [0.3, 0.4) is 0 Å². The Morgan fingerprint density at radius 2 is 1.81 bits per heavy atom. The highest BCUT2D eigenvalue weighted by Crippen LogP contribution is 2.24. The third kappa shape index (κ3) is 3.19. The molecule has 2 aromatic carbocycles. The number of nitrogens with one attached hydrogen (secondary N) is 1. The fraction of sp³-hybridized carbons (Fsp3) is 0.0952. The van der Waals surface area contributed by atoms with Gasteiger partial charge in [-0.3, -0.25) is 4.79 Å². The monoisotopic (exact) mass is 343 g/mol. The second kappa shape index (κ2) is 6.80. The molecular formula is C21H17N3O2. The average Bonchev–Trinajstić information content (AvgIpc) is 3.13. The van der Waals surface area contributed by atoms with Gasteiger partial charge in [-0.15, -0.1) is 0 Å². The van der Waals surface area contributed by atoms with Crippen molar-refractivity contribution in [2.75, 3.05) is 5.32 Å². The predicted molar refractivity (Wildman–Crippen MR) is 101 cm³/mol. The molecule has 128 valence electrons. The van der Waals surface area contributed by atoms with Gasteiger partial charge in [0, 0.05) is 23.0 Å². The standard InChI is InChI=1S/C21H17N3O2/c1-2-14-5-7-15(8-6-14)20(25)23-17-11-9-16(10-12-17)21-24-19-18(26-21)4-3-13-22-19/h3-13H,2H2,1H3,(H,23,25). The topological polar surface area (TPSA) is 68.0 Å². The summed E-state index contributed by atoms with van der Waals surface area (Å²) in [4.78, 5) is 20.9. The van der Waals surface area contributed by atoms with Gasteiger partial charge in [0.05, 0.1) is 0 Å². The minimum Gasteiger partial charge on any atom is -0.434 e. The Morgan fingerprint density at radius 1 is 1.04 bits per heavy atom. The van der Waals surface area contributed by atoms with Crippen molar-refractivity contribution >= 4 is 22.8 Å². The summed E-state index contributed by atoms with van der Waals surface area (Å²) < 4.78 is 5.71. The Balaban J connectivity index is 1.50. The molecule has 2 heterocycles. The molecule has 0 radical (unpaired) electrons. The minimum atomic E-state index is -0.133. The van der Waals surface area contributed by atoms with E-state index in [9.17, 15) is 4.79 Å². The number of hydrogen-bond donors (Lipinski definition) is 1. The number of nitrogens with zero attached hydrogens (tertiary/aromatic N) is 2. The van der Waals surface area contributed by atoms with Crippen molar-refractivity contribution < 1.29 is 9.21 Å². The number of fused-ring (bicyclic) bond motifs is 1. The SMILES string of the molecule is CCc1ccc(C(=O)Nc2ccc(-c3nc4ncccc4o3)cc2)cc1. The zero-order valence-electron chi connectivity index (χ0n) is 14.3. The summed E-state index contributed by atoms with van der Waals surface area (Å²) in [5.74, 6) is 0.373. The van der Waals surface area contributed by atoms with Gasteiger partial charge in [0.1, 0.15) is 0 Å². The summed E-state index contributed by atoms with van der Waals surface area (Å²) >= 11 is 0. The molecule has 5 nitrogen and oxygen atoms in total. The maximum absolute atomic E-state index is 12.3. The van der Waals surface area contributed by atoms with E-state index in [2.05, 4.69) is 22.2 Å². The summed E-state index contributed by atoms with van der Waals surface area (Å²) in [6, 6.07) is 18.6. The molecule has 0 unspecified atom stereocenters. The maximum atomic E-state index is 12.3. The Kier molecular flexibility index (Phi) is 4.19. The quantitative estimate of drug-likeness (QED) is 0.583. The molecular weight excluding hydrogens is 326 g/mol. The zero-order valence-corrected chi connectivity index (χ0v) is 14.3. The molecule has 0 atom stereocenters. The Hall–Kier alpha value is -3.47. The summed E-state index contributed by atoms with van der Waals surface area (Å²) in [6.45, 7) is 2.09. The first-order valence-electron chi connectivity index (χ1n) is 8.45. The number of carbonyl (C=O) groups excluding carboxylic acids is 1. The second-order valence-electron chi connectivity index (χ2n) is 5.93. The van der Waals surface area contributed by atoms with Gasteiger partial charge in [-0.2, -0.15) is 4.98 Å². The Morgan fingerprint density at radius 3 is 2.50 bits per heavy atom. The van der Waals surface area contributed by atoms with E-state index in [0.717, 1.165) is 12.0 Å². The van der Waals surface area contributed by atoms with Crippen LogP contribution in [0.4, 0.5) is 5.69 Å². The van der Waals surface area contributed by atoms with Crippen molar-refractivity contribution in [1.82, 2.24) is 9.97 Å². The molecule has 0 saturated carbocycles. The summed E-state index contributed by atoms with van der Waals surface area (Å²) in [7, 11) is 0. The molecule has 0 saturated heterocycles. The number of carbonyl (C=O) groups is 1. The predicted octanol–water partition coefficient (Wildman–Crippen LogP) is 4.70. The normalized spacial score (nSPS) is 10.8. The highest BCUT2D eigenvalue weighted by Gasteiger charge is 2.10.